The van der Waals surface area contributed by atoms with Gasteiger partial charge in [0.05, 0.1) is 31.2 Å². The van der Waals surface area contributed by atoms with E-state index in [-0.39, 0.29) is 35.6 Å². The Balaban J connectivity index is 1.74. The highest BCUT2D eigenvalue weighted by Gasteiger charge is 2.65. The minimum atomic E-state index is -0.724. The molecule has 2 saturated heterocycles. The molecule has 2 aliphatic heterocycles. The Morgan fingerprint density at radius 1 is 1.21 bits per heavy atom. The van der Waals surface area contributed by atoms with Gasteiger partial charge in [0.25, 0.3) is 0 Å². The summed E-state index contributed by atoms with van der Waals surface area (Å²) in [5, 5.41) is 0. The lowest BCUT2D eigenvalue weighted by atomic mass is 9.76. The minimum Gasteiger partial charge on any atom is -0.496 e. The van der Waals surface area contributed by atoms with Crippen LogP contribution in [0.5, 0.6) is 5.75 Å². The molecule has 3 fully saturated rings. The van der Waals surface area contributed by atoms with Crippen LogP contribution in [0.2, 0.25) is 0 Å². The Kier molecular flexibility index (Phi) is 3.51. The normalized spacial score (nSPS) is 36.5. The van der Waals surface area contributed by atoms with Crippen molar-refractivity contribution in [2.75, 3.05) is 7.11 Å². The van der Waals surface area contributed by atoms with Gasteiger partial charge in [0.1, 0.15) is 11.7 Å². The van der Waals surface area contributed by atoms with E-state index in [0.29, 0.717) is 17.2 Å². The Bertz CT molecular complexity index is 785. The highest BCUT2D eigenvalue weighted by molar-refractivity contribution is 6.17. The van der Waals surface area contributed by atoms with Gasteiger partial charge in [-0.2, -0.15) is 0 Å². The molecule has 4 rings (SSSR count). The van der Waals surface area contributed by atoms with Crippen molar-refractivity contribution in [3.63, 3.8) is 0 Å². The lowest BCUT2D eigenvalue weighted by molar-refractivity contribution is -0.127. The first-order chi connectivity index (χ1) is 11.6. The molecule has 1 saturated carbocycles. The maximum Gasteiger partial charge on any atom is 0.154 e. The average molecular weight is 324 g/mol. The van der Waals surface area contributed by atoms with E-state index in [9.17, 15) is 9.59 Å². The molecule has 1 aromatic rings. The van der Waals surface area contributed by atoms with Gasteiger partial charge < -0.3 is 9.47 Å². The first kappa shape index (κ1) is 15.4. The minimum absolute atomic E-state index is 0.00275. The van der Waals surface area contributed by atoms with E-state index in [2.05, 4.69) is 18.8 Å². The molecule has 0 aromatic heterocycles. The molecular formula is C20H20O4. The molecule has 124 valence electrons. The summed E-state index contributed by atoms with van der Waals surface area (Å²) < 4.78 is 11.3. The van der Waals surface area contributed by atoms with E-state index >= 15 is 0 Å². The number of methoxy groups -OCH3 is 1. The monoisotopic (exact) mass is 324 g/mol. The molecule has 1 aromatic carbocycles. The summed E-state index contributed by atoms with van der Waals surface area (Å²) in [6, 6.07) is 5.46. The third kappa shape index (κ3) is 1.98. The Labute approximate surface area is 141 Å². The van der Waals surface area contributed by atoms with Crippen LogP contribution in [0.1, 0.15) is 37.3 Å². The summed E-state index contributed by atoms with van der Waals surface area (Å²) in [6.45, 7) is 3.87. The smallest absolute Gasteiger partial charge is 0.154 e. The average Bonchev–Trinajstić information content (AvgIpc) is 3.19. The SMILES string of the molecule is CC#Cc1ccc(C2C(=O)C3C4C[C@H](C)C(O4)[C@H]3C2=O)c(OC)c1. The van der Waals surface area contributed by atoms with Crippen molar-refractivity contribution in [2.24, 2.45) is 17.8 Å². The first-order valence-electron chi connectivity index (χ1n) is 8.40. The van der Waals surface area contributed by atoms with Gasteiger partial charge in [-0.25, -0.2) is 0 Å². The third-order valence-electron chi connectivity index (χ3n) is 5.68. The number of rotatable bonds is 2. The molecule has 4 nitrogen and oxygen atoms in total. The topological polar surface area (TPSA) is 52.6 Å². The Morgan fingerprint density at radius 2 is 1.96 bits per heavy atom. The molecule has 24 heavy (non-hydrogen) atoms. The highest BCUT2D eigenvalue weighted by atomic mass is 16.5. The van der Waals surface area contributed by atoms with E-state index in [1.807, 2.05) is 12.1 Å². The van der Waals surface area contributed by atoms with Crippen molar-refractivity contribution in [1.29, 1.82) is 0 Å². The number of carbonyl (C=O) groups is 2. The second-order valence-corrected chi connectivity index (χ2v) is 6.97. The number of Topliss-reactive ketones (excluding diaryl/α,β-unsaturated/α-hetero) is 2. The summed E-state index contributed by atoms with van der Waals surface area (Å²) in [6.07, 6.45) is 0.685. The zero-order valence-electron chi connectivity index (χ0n) is 14.0. The molecule has 0 amide bonds. The molecule has 0 N–H and O–H groups in total. The van der Waals surface area contributed by atoms with E-state index in [4.69, 9.17) is 9.47 Å². The van der Waals surface area contributed by atoms with Gasteiger partial charge in [-0.3, -0.25) is 9.59 Å². The van der Waals surface area contributed by atoms with Crippen molar-refractivity contribution in [3.05, 3.63) is 29.3 Å². The number of benzene rings is 1. The quantitative estimate of drug-likeness (QED) is 0.619. The van der Waals surface area contributed by atoms with Crippen molar-refractivity contribution in [3.8, 4) is 17.6 Å². The summed E-state index contributed by atoms with van der Waals surface area (Å²) >= 11 is 0. The molecule has 0 radical (unpaired) electrons. The van der Waals surface area contributed by atoms with E-state index in [1.165, 1.54) is 0 Å². The standard InChI is InChI=1S/C20H20O4/c1-4-5-11-6-7-12(13(9-11)23-3)15-18(21)16-14-8-10(2)20(24-14)17(16)19(15)22/h6-7,9-10,14-17,20H,8H2,1-3H3/t10-,14?,15?,16?,17+,20?/m0/s1. The fraction of sp³-hybridized carbons (Fsp3) is 0.500. The lowest BCUT2D eigenvalue weighted by Gasteiger charge is -2.22. The van der Waals surface area contributed by atoms with Crippen LogP contribution in [0.15, 0.2) is 18.2 Å². The van der Waals surface area contributed by atoms with Crippen molar-refractivity contribution in [1.82, 2.24) is 0 Å². The predicted molar refractivity (Wildman–Crippen MR) is 87.7 cm³/mol. The predicted octanol–water partition coefficient (Wildman–Crippen LogP) is 2.34. The van der Waals surface area contributed by atoms with Crippen molar-refractivity contribution >= 4 is 11.6 Å². The number of hydrogen-bond donors (Lipinski definition) is 0. The second kappa shape index (κ2) is 5.46. The number of fused-ring (bicyclic) bond motifs is 5. The van der Waals surface area contributed by atoms with Gasteiger partial charge in [0, 0.05) is 11.1 Å². The zero-order valence-corrected chi connectivity index (χ0v) is 14.0. The summed E-state index contributed by atoms with van der Waals surface area (Å²) in [5.74, 6) is 5.43. The lowest BCUT2D eigenvalue weighted by Crippen LogP contribution is -2.33. The Hall–Kier alpha value is -2.12. The number of ketones is 2. The summed E-state index contributed by atoms with van der Waals surface area (Å²) in [4.78, 5) is 26.0. The first-order valence-corrected chi connectivity index (χ1v) is 8.40. The number of ether oxygens (including phenoxy) is 2. The molecule has 4 heteroatoms. The number of carbonyl (C=O) groups excluding carboxylic acids is 2. The molecule has 4 unspecified atom stereocenters. The van der Waals surface area contributed by atoms with Gasteiger partial charge >= 0.3 is 0 Å². The molecule has 0 spiro atoms. The summed E-state index contributed by atoms with van der Waals surface area (Å²) in [5.41, 5.74) is 1.48. The number of hydrogen-bond acceptors (Lipinski definition) is 4. The summed E-state index contributed by atoms with van der Waals surface area (Å²) in [7, 11) is 1.56. The molecule has 2 bridgehead atoms. The fourth-order valence-corrected chi connectivity index (χ4v) is 4.70. The van der Waals surface area contributed by atoms with Crippen LogP contribution in [0, 0.1) is 29.6 Å². The van der Waals surface area contributed by atoms with Crippen LogP contribution in [0.4, 0.5) is 0 Å². The fourth-order valence-electron chi connectivity index (χ4n) is 4.70. The second-order valence-electron chi connectivity index (χ2n) is 6.97. The molecule has 2 heterocycles. The van der Waals surface area contributed by atoms with Crippen LogP contribution in [0.3, 0.4) is 0 Å². The maximum atomic E-state index is 13.0. The molecule has 1 aliphatic carbocycles. The van der Waals surface area contributed by atoms with Crippen LogP contribution in [0.25, 0.3) is 0 Å². The van der Waals surface area contributed by atoms with Crippen molar-refractivity contribution in [2.45, 2.75) is 38.4 Å². The molecule has 6 atom stereocenters. The van der Waals surface area contributed by atoms with Gasteiger partial charge in [-0.15, -0.1) is 5.92 Å². The van der Waals surface area contributed by atoms with Crippen molar-refractivity contribution < 1.29 is 19.1 Å². The van der Waals surface area contributed by atoms with Crippen LogP contribution in [-0.4, -0.2) is 30.9 Å². The van der Waals surface area contributed by atoms with E-state index < -0.39 is 5.92 Å². The van der Waals surface area contributed by atoms with Crippen LogP contribution >= 0.6 is 0 Å². The van der Waals surface area contributed by atoms with E-state index in [0.717, 1.165) is 12.0 Å². The van der Waals surface area contributed by atoms with E-state index in [1.54, 1.807) is 20.1 Å². The van der Waals surface area contributed by atoms with Gasteiger partial charge in [0.2, 0.25) is 0 Å². The van der Waals surface area contributed by atoms with Gasteiger partial charge in [-0.1, -0.05) is 18.9 Å². The Morgan fingerprint density at radius 3 is 2.67 bits per heavy atom. The maximum absolute atomic E-state index is 13.0. The van der Waals surface area contributed by atoms with Crippen LogP contribution < -0.4 is 4.74 Å². The van der Waals surface area contributed by atoms with Crippen LogP contribution in [-0.2, 0) is 14.3 Å². The third-order valence-corrected chi connectivity index (χ3v) is 5.68. The van der Waals surface area contributed by atoms with Gasteiger partial charge in [-0.05, 0) is 31.4 Å². The van der Waals surface area contributed by atoms with Gasteiger partial charge in [0.15, 0.2) is 11.6 Å². The highest BCUT2D eigenvalue weighted by Crippen LogP contribution is 2.54. The largest absolute Gasteiger partial charge is 0.496 e. The molecule has 3 aliphatic rings. The molecular weight excluding hydrogens is 304 g/mol. The zero-order chi connectivity index (χ0) is 17.0.